The maximum atomic E-state index is 12.6. The minimum atomic E-state index is 0.0657. The highest BCUT2D eigenvalue weighted by Crippen LogP contribution is 2.18. The van der Waals surface area contributed by atoms with Crippen molar-refractivity contribution in [2.45, 2.75) is 32.5 Å². The molecule has 0 radical (unpaired) electrons. The van der Waals surface area contributed by atoms with Gasteiger partial charge in [-0.05, 0) is 30.5 Å². The first-order chi connectivity index (χ1) is 10.3. The number of aromatic nitrogens is 1. The summed E-state index contributed by atoms with van der Waals surface area (Å²) < 4.78 is 7.99. The van der Waals surface area contributed by atoms with Crippen molar-refractivity contribution in [1.82, 2.24) is 9.47 Å². The van der Waals surface area contributed by atoms with Crippen molar-refractivity contribution < 1.29 is 9.53 Å². The molecule has 1 atom stereocenters. The summed E-state index contributed by atoms with van der Waals surface area (Å²) in [5, 5.41) is 2.01. The Balaban J connectivity index is 1.75. The number of carbonyl (C=O) groups is 1. The van der Waals surface area contributed by atoms with Gasteiger partial charge in [-0.15, -0.1) is 11.3 Å². The molecular formula is C16H20N2O2S. The highest BCUT2D eigenvalue weighted by atomic mass is 32.1. The van der Waals surface area contributed by atoms with E-state index in [9.17, 15) is 4.79 Å². The van der Waals surface area contributed by atoms with Gasteiger partial charge < -0.3 is 14.2 Å². The van der Waals surface area contributed by atoms with Gasteiger partial charge in [-0.2, -0.15) is 0 Å². The highest BCUT2D eigenvalue weighted by Gasteiger charge is 2.25. The highest BCUT2D eigenvalue weighted by molar-refractivity contribution is 7.10. The summed E-state index contributed by atoms with van der Waals surface area (Å²) in [6, 6.07) is 8.12. The van der Waals surface area contributed by atoms with E-state index < -0.39 is 0 Å². The van der Waals surface area contributed by atoms with E-state index in [4.69, 9.17) is 4.74 Å². The average Bonchev–Trinajstić information content (AvgIpc) is 3.08. The number of amides is 1. The SMILES string of the molecule is CCOC1CN(C(=O)Cc2cccs2)Cc2cccn2C1. The summed E-state index contributed by atoms with van der Waals surface area (Å²) in [6.45, 7) is 4.83. The molecule has 2 aromatic heterocycles. The van der Waals surface area contributed by atoms with Crippen LogP contribution in [0.25, 0.3) is 0 Å². The molecule has 0 aliphatic carbocycles. The largest absolute Gasteiger partial charge is 0.375 e. The molecule has 0 saturated carbocycles. The summed E-state index contributed by atoms with van der Waals surface area (Å²) in [5.74, 6) is 0.178. The Morgan fingerprint density at radius 1 is 1.38 bits per heavy atom. The topological polar surface area (TPSA) is 34.5 Å². The van der Waals surface area contributed by atoms with Crippen LogP contribution in [0.3, 0.4) is 0 Å². The van der Waals surface area contributed by atoms with Gasteiger partial charge >= 0.3 is 0 Å². The van der Waals surface area contributed by atoms with Crippen LogP contribution in [0.5, 0.6) is 0 Å². The zero-order valence-corrected chi connectivity index (χ0v) is 13.0. The zero-order valence-electron chi connectivity index (χ0n) is 12.2. The number of hydrogen-bond acceptors (Lipinski definition) is 3. The van der Waals surface area contributed by atoms with Gasteiger partial charge in [0.15, 0.2) is 0 Å². The van der Waals surface area contributed by atoms with Crippen LogP contribution in [0.2, 0.25) is 0 Å². The van der Waals surface area contributed by atoms with Gasteiger partial charge in [-0.1, -0.05) is 6.07 Å². The van der Waals surface area contributed by atoms with Crippen LogP contribution in [0, 0.1) is 0 Å². The van der Waals surface area contributed by atoms with Crippen molar-refractivity contribution in [2.75, 3.05) is 13.2 Å². The lowest BCUT2D eigenvalue weighted by Gasteiger charge is -2.24. The molecule has 0 bridgehead atoms. The smallest absolute Gasteiger partial charge is 0.228 e. The van der Waals surface area contributed by atoms with Gasteiger partial charge in [0.2, 0.25) is 5.91 Å². The summed E-state index contributed by atoms with van der Waals surface area (Å²) in [4.78, 5) is 15.6. The third-order valence-electron chi connectivity index (χ3n) is 3.76. The molecule has 2 aromatic rings. The first-order valence-electron chi connectivity index (χ1n) is 7.32. The van der Waals surface area contributed by atoms with Crippen molar-refractivity contribution in [2.24, 2.45) is 0 Å². The Morgan fingerprint density at radius 2 is 2.29 bits per heavy atom. The molecule has 5 heteroatoms. The van der Waals surface area contributed by atoms with E-state index in [1.807, 2.05) is 35.4 Å². The molecule has 1 aliphatic heterocycles. The molecule has 3 rings (SSSR count). The maximum absolute atomic E-state index is 12.6. The van der Waals surface area contributed by atoms with Crippen LogP contribution in [0.4, 0.5) is 0 Å². The number of hydrogen-bond donors (Lipinski definition) is 0. The van der Waals surface area contributed by atoms with E-state index in [1.165, 1.54) is 5.69 Å². The lowest BCUT2D eigenvalue weighted by Crippen LogP contribution is -2.38. The van der Waals surface area contributed by atoms with Gasteiger partial charge in [0, 0.05) is 29.9 Å². The molecule has 21 heavy (non-hydrogen) atoms. The van der Waals surface area contributed by atoms with E-state index in [2.05, 4.69) is 16.8 Å². The quantitative estimate of drug-likeness (QED) is 0.870. The van der Waals surface area contributed by atoms with Crippen LogP contribution < -0.4 is 0 Å². The normalized spacial score (nSPS) is 18.3. The molecule has 0 fully saturated rings. The Bertz CT molecular complexity index is 591. The molecule has 1 unspecified atom stereocenters. The minimum absolute atomic E-state index is 0.0657. The second-order valence-corrected chi connectivity index (χ2v) is 6.29. The van der Waals surface area contributed by atoms with Crippen molar-refractivity contribution in [3.05, 3.63) is 46.4 Å². The van der Waals surface area contributed by atoms with Gasteiger partial charge in [0.1, 0.15) is 0 Å². The second kappa shape index (κ2) is 6.45. The average molecular weight is 304 g/mol. The van der Waals surface area contributed by atoms with E-state index >= 15 is 0 Å². The van der Waals surface area contributed by atoms with E-state index in [0.717, 1.165) is 11.4 Å². The summed E-state index contributed by atoms with van der Waals surface area (Å²) in [5.41, 5.74) is 1.18. The van der Waals surface area contributed by atoms with Gasteiger partial charge in [0.05, 0.1) is 25.6 Å². The Kier molecular flexibility index (Phi) is 4.41. The maximum Gasteiger partial charge on any atom is 0.228 e. The number of ether oxygens (including phenoxy) is 1. The molecular weight excluding hydrogens is 284 g/mol. The molecule has 4 nitrogen and oxygen atoms in total. The number of nitrogens with zero attached hydrogens (tertiary/aromatic N) is 2. The van der Waals surface area contributed by atoms with Gasteiger partial charge in [-0.3, -0.25) is 4.79 Å². The van der Waals surface area contributed by atoms with Crippen LogP contribution in [-0.2, 0) is 29.0 Å². The predicted molar refractivity (Wildman–Crippen MR) is 83.3 cm³/mol. The fourth-order valence-electron chi connectivity index (χ4n) is 2.76. The molecule has 1 aliphatic rings. The van der Waals surface area contributed by atoms with Crippen LogP contribution in [0.15, 0.2) is 35.8 Å². The van der Waals surface area contributed by atoms with Gasteiger partial charge in [-0.25, -0.2) is 0 Å². The number of thiophene rings is 1. The molecule has 1 amide bonds. The standard InChI is InChI=1S/C16H20N2O2S/c1-2-20-14-11-17-7-3-5-13(17)10-18(12-14)16(19)9-15-6-4-8-21-15/h3-8,14H,2,9-12H2,1H3. The van der Waals surface area contributed by atoms with E-state index in [0.29, 0.717) is 26.1 Å². The third kappa shape index (κ3) is 3.36. The van der Waals surface area contributed by atoms with Crippen molar-refractivity contribution >= 4 is 17.2 Å². The third-order valence-corrected chi connectivity index (χ3v) is 4.64. The lowest BCUT2D eigenvalue weighted by atomic mass is 10.2. The van der Waals surface area contributed by atoms with E-state index in [-0.39, 0.29) is 12.0 Å². The minimum Gasteiger partial charge on any atom is -0.375 e. The van der Waals surface area contributed by atoms with Crippen molar-refractivity contribution in [1.29, 1.82) is 0 Å². The lowest BCUT2D eigenvalue weighted by molar-refractivity contribution is -0.132. The van der Waals surface area contributed by atoms with Crippen LogP contribution >= 0.6 is 11.3 Å². The summed E-state index contributed by atoms with van der Waals surface area (Å²) in [6.07, 6.45) is 2.61. The first kappa shape index (κ1) is 14.4. The number of rotatable bonds is 4. The first-order valence-corrected chi connectivity index (χ1v) is 8.20. The van der Waals surface area contributed by atoms with Gasteiger partial charge in [0.25, 0.3) is 0 Å². The summed E-state index contributed by atoms with van der Waals surface area (Å²) in [7, 11) is 0. The van der Waals surface area contributed by atoms with Crippen molar-refractivity contribution in [3.63, 3.8) is 0 Å². The molecule has 0 saturated heterocycles. The predicted octanol–water partition coefficient (Wildman–Crippen LogP) is 2.54. The number of fused-ring (bicyclic) bond motifs is 1. The zero-order chi connectivity index (χ0) is 14.7. The van der Waals surface area contributed by atoms with Crippen LogP contribution in [0.1, 0.15) is 17.5 Å². The molecule has 0 spiro atoms. The molecule has 0 aromatic carbocycles. The fourth-order valence-corrected chi connectivity index (χ4v) is 3.46. The molecule has 0 N–H and O–H groups in total. The Labute approximate surface area is 128 Å². The van der Waals surface area contributed by atoms with Crippen LogP contribution in [-0.4, -0.2) is 34.6 Å². The molecule has 112 valence electrons. The summed E-state index contributed by atoms with van der Waals surface area (Å²) >= 11 is 1.63. The Morgan fingerprint density at radius 3 is 3.05 bits per heavy atom. The monoisotopic (exact) mass is 304 g/mol. The Hall–Kier alpha value is -1.59. The fraction of sp³-hybridized carbons (Fsp3) is 0.438. The number of carbonyl (C=O) groups excluding carboxylic acids is 1. The molecule has 3 heterocycles. The van der Waals surface area contributed by atoms with Crippen molar-refractivity contribution in [3.8, 4) is 0 Å². The second-order valence-electron chi connectivity index (χ2n) is 5.26. The van der Waals surface area contributed by atoms with E-state index in [1.54, 1.807) is 11.3 Å².